The van der Waals surface area contributed by atoms with Crippen molar-refractivity contribution in [3.63, 3.8) is 0 Å². The fourth-order valence-corrected chi connectivity index (χ4v) is 7.12. The van der Waals surface area contributed by atoms with Gasteiger partial charge in [0.25, 0.3) is 0 Å². The minimum Gasteiger partial charge on any atom is -0.497 e. The van der Waals surface area contributed by atoms with Crippen molar-refractivity contribution in [2.45, 2.75) is 82.8 Å². The minimum atomic E-state index is -3.54. The van der Waals surface area contributed by atoms with Gasteiger partial charge in [0.05, 0.1) is 24.8 Å². The second kappa shape index (κ2) is 10.7. The van der Waals surface area contributed by atoms with Crippen LogP contribution in [0.5, 0.6) is 5.75 Å². The van der Waals surface area contributed by atoms with Crippen LogP contribution >= 0.6 is 7.75 Å². The number of benzene rings is 1. The monoisotopic (exact) mass is 462 g/mol. The van der Waals surface area contributed by atoms with Crippen LogP contribution in [0.25, 0.3) is 10.9 Å². The molecule has 1 aromatic carbocycles. The lowest BCUT2D eigenvalue weighted by molar-refractivity contribution is 0.0752. The van der Waals surface area contributed by atoms with Gasteiger partial charge in [-0.2, -0.15) is 0 Å². The molecule has 0 atom stereocenters. The summed E-state index contributed by atoms with van der Waals surface area (Å²) in [5, 5.41) is 1.06. The summed E-state index contributed by atoms with van der Waals surface area (Å²) < 4.78 is 34.7. The van der Waals surface area contributed by atoms with E-state index in [1.807, 2.05) is 28.7 Å². The van der Waals surface area contributed by atoms with Gasteiger partial charge in [0.2, 0.25) is 0 Å². The van der Waals surface area contributed by atoms with Crippen LogP contribution in [0.3, 0.4) is 0 Å². The van der Waals surface area contributed by atoms with Gasteiger partial charge < -0.3 is 9.64 Å². The predicted octanol–water partition coefficient (Wildman–Crippen LogP) is 6.41. The molecule has 2 aliphatic rings. The summed E-state index contributed by atoms with van der Waals surface area (Å²) in [6, 6.07) is 5.97. The lowest BCUT2D eigenvalue weighted by atomic mass is 9.98. The highest BCUT2D eigenvalue weighted by atomic mass is 31.2. The zero-order valence-electron chi connectivity index (χ0n) is 19.9. The molecule has 6 nitrogen and oxygen atoms in total. The first-order valence-corrected chi connectivity index (χ1v) is 13.8. The van der Waals surface area contributed by atoms with E-state index in [9.17, 15) is 4.57 Å². The Labute approximate surface area is 192 Å². The topological polar surface area (TPSA) is 52.9 Å². The molecule has 0 radical (unpaired) electrons. The van der Waals surface area contributed by atoms with E-state index in [0.717, 1.165) is 86.5 Å². The molecule has 2 saturated carbocycles. The van der Waals surface area contributed by atoms with Crippen LogP contribution in [0.2, 0.25) is 0 Å². The molecule has 0 aliphatic heterocycles. The minimum absolute atomic E-state index is 0.000836. The van der Waals surface area contributed by atoms with E-state index in [2.05, 4.69) is 19.0 Å². The van der Waals surface area contributed by atoms with Crippen molar-refractivity contribution >= 4 is 18.6 Å². The van der Waals surface area contributed by atoms with E-state index >= 15 is 0 Å². The lowest BCUT2D eigenvalue weighted by Gasteiger charge is -2.31. The highest BCUT2D eigenvalue weighted by Gasteiger charge is 2.37. The number of aromatic nitrogens is 1. The fraction of sp³-hybridized carbons (Fsp3) is 0.680. The molecule has 2 aliphatic carbocycles. The lowest BCUT2D eigenvalue weighted by Crippen LogP contribution is -2.22. The number of rotatable bonds is 9. The maximum absolute atomic E-state index is 14.5. The summed E-state index contributed by atoms with van der Waals surface area (Å²) in [6.45, 7) is 0.910. The number of fused-ring (bicyclic) bond motifs is 1. The summed E-state index contributed by atoms with van der Waals surface area (Å²) in [4.78, 5) is 2.17. The normalized spacial score (nSPS) is 19.1. The third kappa shape index (κ3) is 5.59. The van der Waals surface area contributed by atoms with E-state index < -0.39 is 7.75 Å². The Bertz CT molecular complexity index is 905. The molecule has 0 saturated heterocycles. The SMILES string of the molecule is COc1ccc2c(c1)c(CCN(C)C)cn2P(=O)(OC1CCCCC1)OC1CCCCC1. The van der Waals surface area contributed by atoms with Crippen molar-refractivity contribution in [2.24, 2.45) is 0 Å². The largest absolute Gasteiger partial charge is 0.497 e. The Kier molecular flexibility index (Phi) is 7.99. The first-order valence-electron chi connectivity index (χ1n) is 12.3. The van der Waals surface area contributed by atoms with Crippen molar-refractivity contribution in [3.05, 3.63) is 30.0 Å². The van der Waals surface area contributed by atoms with Crippen LogP contribution in [-0.4, -0.2) is 49.2 Å². The van der Waals surface area contributed by atoms with E-state index in [0.29, 0.717) is 0 Å². The van der Waals surface area contributed by atoms with Crippen molar-refractivity contribution in [1.29, 1.82) is 0 Å². The van der Waals surface area contributed by atoms with E-state index in [1.165, 1.54) is 12.8 Å². The van der Waals surface area contributed by atoms with Crippen molar-refractivity contribution in [3.8, 4) is 5.75 Å². The molecule has 0 amide bonds. The first-order chi connectivity index (χ1) is 15.5. The Morgan fingerprint density at radius 2 is 1.56 bits per heavy atom. The zero-order chi connectivity index (χ0) is 22.6. The number of likely N-dealkylation sites (N-methyl/N-ethyl adjacent to an activating group) is 1. The second-order valence-corrected chi connectivity index (χ2v) is 11.4. The summed E-state index contributed by atoms with van der Waals surface area (Å²) in [5.74, 6) is 0.803. The molecule has 1 heterocycles. The smallest absolute Gasteiger partial charge is 0.439 e. The number of methoxy groups -OCH3 is 1. The van der Waals surface area contributed by atoms with Gasteiger partial charge in [0.15, 0.2) is 0 Å². The Hall–Kier alpha value is -1.33. The van der Waals surface area contributed by atoms with Gasteiger partial charge >= 0.3 is 7.75 Å². The molecule has 2 fully saturated rings. The Morgan fingerprint density at radius 1 is 0.969 bits per heavy atom. The summed E-state index contributed by atoms with van der Waals surface area (Å²) in [6.07, 6.45) is 13.7. The molecule has 0 N–H and O–H groups in total. The van der Waals surface area contributed by atoms with Crippen LogP contribution in [0.15, 0.2) is 24.4 Å². The van der Waals surface area contributed by atoms with Gasteiger partial charge in [-0.3, -0.25) is 13.4 Å². The van der Waals surface area contributed by atoms with Crippen LogP contribution in [0, 0.1) is 0 Å². The number of nitrogens with zero attached hydrogens (tertiary/aromatic N) is 2. The second-order valence-electron chi connectivity index (χ2n) is 9.63. The molecule has 0 unspecified atom stereocenters. The third-order valence-electron chi connectivity index (χ3n) is 6.84. The van der Waals surface area contributed by atoms with Gasteiger partial charge in [-0.15, -0.1) is 0 Å². The highest BCUT2D eigenvalue weighted by molar-refractivity contribution is 7.52. The molecule has 0 spiro atoms. The number of hydrogen-bond acceptors (Lipinski definition) is 5. The van der Waals surface area contributed by atoms with Gasteiger partial charge in [0, 0.05) is 18.1 Å². The quantitative estimate of drug-likeness (QED) is 0.403. The average Bonchev–Trinajstić information content (AvgIpc) is 3.17. The number of ether oxygens (including phenoxy) is 1. The Balaban J connectivity index is 1.74. The van der Waals surface area contributed by atoms with Crippen molar-refractivity contribution < 1.29 is 18.3 Å². The van der Waals surface area contributed by atoms with Crippen LogP contribution in [0.1, 0.15) is 69.8 Å². The van der Waals surface area contributed by atoms with E-state index in [4.69, 9.17) is 13.8 Å². The fourth-order valence-electron chi connectivity index (χ4n) is 4.98. The molecule has 0 bridgehead atoms. The maximum Gasteiger partial charge on any atom is 0.439 e. The molecular weight excluding hydrogens is 423 g/mol. The average molecular weight is 463 g/mol. The van der Waals surface area contributed by atoms with Crippen molar-refractivity contribution in [1.82, 2.24) is 9.24 Å². The highest BCUT2D eigenvalue weighted by Crippen LogP contribution is 2.56. The van der Waals surface area contributed by atoms with Gasteiger partial charge in [0.1, 0.15) is 5.75 Å². The van der Waals surface area contributed by atoms with E-state index in [1.54, 1.807) is 7.11 Å². The van der Waals surface area contributed by atoms with Crippen LogP contribution in [-0.2, 0) is 20.0 Å². The van der Waals surface area contributed by atoms with Crippen LogP contribution in [0.4, 0.5) is 0 Å². The standard InChI is InChI=1S/C25H39N2O4P/c1-26(2)17-16-20-19-27(25-15-14-23(29-3)18-24(20)25)32(28,30-21-10-6-4-7-11-21)31-22-12-8-5-9-13-22/h14-15,18-19,21-22H,4-13,16-17H2,1-3H3. The maximum atomic E-state index is 14.5. The number of hydrogen-bond donors (Lipinski definition) is 0. The first kappa shape index (κ1) is 23.8. The molecule has 1 aromatic heterocycles. The van der Waals surface area contributed by atoms with Crippen molar-refractivity contribution in [2.75, 3.05) is 27.7 Å². The molecule has 4 rings (SSSR count). The van der Waals surface area contributed by atoms with E-state index in [-0.39, 0.29) is 12.2 Å². The summed E-state index contributed by atoms with van der Waals surface area (Å²) in [7, 11) is 2.28. The molecule has 178 valence electrons. The summed E-state index contributed by atoms with van der Waals surface area (Å²) in [5.41, 5.74) is 2.04. The van der Waals surface area contributed by atoms with Gasteiger partial charge in [-0.05, 0) is 70.0 Å². The summed E-state index contributed by atoms with van der Waals surface area (Å²) >= 11 is 0. The van der Waals surface area contributed by atoms with Gasteiger partial charge in [-0.1, -0.05) is 38.5 Å². The van der Waals surface area contributed by atoms with Gasteiger partial charge in [-0.25, -0.2) is 4.57 Å². The zero-order valence-corrected chi connectivity index (χ0v) is 20.8. The molecule has 32 heavy (non-hydrogen) atoms. The third-order valence-corrected chi connectivity index (χ3v) is 8.82. The van der Waals surface area contributed by atoms with Crippen LogP contribution < -0.4 is 4.74 Å². The molecular formula is C25H39N2O4P. The molecule has 7 heteroatoms. The Morgan fingerprint density at radius 3 is 2.09 bits per heavy atom. The molecule has 2 aromatic rings. The predicted molar refractivity (Wildman–Crippen MR) is 130 cm³/mol.